The molecule has 1 aromatic heterocycles. The van der Waals surface area contributed by atoms with Gasteiger partial charge in [0.25, 0.3) is 0 Å². The molecular weight excluding hydrogens is 295 g/mol. The molecule has 0 unspecified atom stereocenters. The molecule has 3 rings (SSSR count). The molecular formula is C16H19BN2O4. The lowest BCUT2D eigenvalue weighted by Crippen LogP contribution is -2.41. The molecule has 2 aromatic rings. The van der Waals surface area contributed by atoms with E-state index in [-0.39, 0.29) is 5.56 Å². The maximum absolute atomic E-state index is 10.9. The number of rotatable bonds is 3. The van der Waals surface area contributed by atoms with Crippen LogP contribution in [0.1, 0.15) is 38.1 Å². The summed E-state index contributed by atoms with van der Waals surface area (Å²) < 4.78 is 13.7. The molecule has 120 valence electrons. The van der Waals surface area contributed by atoms with Gasteiger partial charge in [-0.25, -0.2) is 9.48 Å². The normalized spacial score (nSPS) is 19.0. The first-order chi connectivity index (χ1) is 10.7. The average Bonchev–Trinajstić information content (AvgIpc) is 3.02. The molecule has 1 fully saturated rings. The third-order valence-electron chi connectivity index (χ3n) is 4.51. The Labute approximate surface area is 135 Å². The van der Waals surface area contributed by atoms with Crippen LogP contribution in [0.4, 0.5) is 0 Å². The smallest absolute Gasteiger partial charge is 0.478 e. The molecule has 0 radical (unpaired) electrons. The number of nitrogens with zero attached hydrogens (tertiary/aromatic N) is 2. The van der Waals surface area contributed by atoms with Gasteiger partial charge in [-0.05, 0) is 52.0 Å². The van der Waals surface area contributed by atoms with Crippen LogP contribution in [0.3, 0.4) is 0 Å². The maximum Gasteiger partial charge on any atom is 0.498 e. The first kappa shape index (κ1) is 15.8. The van der Waals surface area contributed by atoms with Crippen molar-refractivity contribution in [3.05, 3.63) is 42.2 Å². The number of carboxylic acid groups (broad SMARTS) is 1. The molecule has 23 heavy (non-hydrogen) atoms. The molecule has 0 atom stereocenters. The zero-order chi connectivity index (χ0) is 16.8. The Kier molecular flexibility index (Phi) is 3.57. The Morgan fingerprint density at radius 3 is 2.22 bits per heavy atom. The van der Waals surface area contributed by atoms with Crippen LogP contribution in [0.25, 0.3) is 5.69 Å². The van der Waals surface area contributed by atoms with Crippen LogP contribution in [0.15, 0.2) is 36.7 Å². The summed E-state index contributed by atoms with van der Waals surface area (Å²) in [5.74, 6) is -0.949. The van der Waals surface area contributed by atoms with Gasteiger partial charge >= 0.3 is 13.1 Å². The average molecular weight is 314 g/mol. The Hall–Kier alpha value is -2.12. The van der Waals surface area contributed by atoms with Crippen LogP contribution in [-0.4, -0.2) is 39.2 Å². The van der Waals surface area contributed by atoms with Crippen LogP contribution in [0.2, 0.25) is 0 Å². The number of carboxylic acids is 1. The minimum absolute atomic E-state index is 0.243. The van der Waals surface area contributed by atoms with Gasteiger partial charge in [-0.1, -0.05) is 0 Å². The van der Waals surface area contributed by atoms with Crippen LogP contribution in [0.5, 0.6) is 0 Å². The Balaban J connectivity index is 1.83. The molecule has 1 N–H and O–H groups in total. The maximum atomic E-state index is 10.9. The zero-order valence-electron chi connectivity index (χ0n) is 13.6. The molecule has 0 bridgehead atoms. The minimum atomic E-state index is -0.949. The summed E-state index contributed by atoms with van der Waals surface area (Å²) in [4.78, 5) is 10.9. The quantitative estimate of drug-likeness (QED) is 0.876. The third kappa shape index (κ3) is 2.77. The van der Waals surface area contributed by atoms with Gasteiger partial charge in [-0.3, -0.25) is 0 Å². The molecule has 7 heteroatoms. The highest BCUT2D eigenvalue weighted by Crippen LogP contribution is 2.36. The fraction of sp³-hybridized carbons (Fsp3) is 0.375. The van der Waals surface area contributed by atoms with E-state index in [1.807, 2.05) is 33.9 Å². The lowest BCUT2D eigenvalue weighted by Gasteiger charge is -2.32. The summed E-state index contributed by atoms with van der Waals surface area (Å²) in [7, 11) is -0.466. The van der Waals surface area contributed by atoms with Crippen LogP contribution < -0.4 is 5.46 Å². The van der Waals surface area contributed by atoms with E-state index < -0.39 is 24.3 Å². The Morgan fingerprint density at radius 2 is 1.70 bits per heavy atom. The predicted octanol–water partition coefficient (Wildman–Crippen LogP) is 1.87. The summed E-state index contributed by atoms with van der Waals surface area (Å²) in [5, 5.41) is 13.2. The molecule has 1 saturated heterocycles. The first-order valence-electron chi connectivity index (χ1n) is 7.43. The van der Waals surface area contributed by atoms with E-state index >= 15 is 0 Å². The van der Waals surface area contributed by atoms with Crippen molar-refractivity contribution in [3.8, 4) is 5.69 Å². The van der Waals surface area contributed by atoms with Crippen molar-refractivity contribution >= 4 is 18.6 Å². The fourth-order valence-electron chi connectivity index (χ4n) is 2.34. The lowest BCUT2D eigenvalue weighted by molar-refractivity contribution is 0.00578. The summed E-state index contributed by atoms with van der Waals surface area (Å²) in [6, 6.07) is 6.52. The fourth-order valence-corrected chi connectivity index (χ4v) is 2.34. The van der Waals surface area contributed by atoms with E-state index in [4.69, 9.17) is 14.4 Å². The molecule has 1 aliphatic rings. The van der Waals surface area contributed by atoms with Gasteiger partial charge < -0.3 is 14.4 Å². The largest absolute Gasteiger partial charge is 0.498 e. The topological polar surface area (TPSA) is 73.6 Å². The SMILES string of the molecule is CC1(C)OB(c2cnn(-c3ccc(C(=O)O)cc3)c2)OC1(C)C. The Morgan fingerprint density at radius 1 is 1.13 bits per heavy atom. The summed E-state index contributed by atoms with van der Waals surface area (Å²) in [6.45, 7) is 8.01. The summed E-state index contributed by atoms with van der Waals surface area (Å²) in [6.07, 6.45) is 3.53. The Bertz CT molecular complexity index is 721. The molecule has 2 heterocycles. The summed E-state index contributed by atoms with van der Waals surface area (Å²) in [5.41, 5.74) is 1.04. The number of benzene rings is 1. The van der Waals surface area contributed by atoms with Crippen molar-refractivity contribution in [1.82, 2.24) is 9.78 Å². The minimum Gasteiger partial charge on any atom is -0.478 e. The monoisotopic (exact) mass is 314 g/mol. The highest BCUT2D eigenvalue weighted by Gasteiger charge is 2.52. The number of aromatic carboxylic acids is 1. The second-order valence-electron chi connectivity index (χ2n) is 6.66. The van der Waals surface area contributed by atoms with Gasteiger partial charge in [0.05, 0.1) is 22.5 Å². The van der Waals surface area contributed by atoms with Gasteiger partial charge in [0.15, 0.2) is 0 Å². The van der Waals surface area contributed by atoms with Crippen molar-refractivity contribution < 1.29 is 19.2 Å². The molecule has 6 nitrogen and oxygen atoms in total. The van der Waals surface area contributed by atoms with Crippen molar-refractivity contribution in [2.75, 3.05) is 0 Å². The standard InChI is InChI=1S/C16H19BN2O4/c1-15(2)16(3,4)23-17(22-15)12-9-18-19(10-12)13-7-5-11(6-8-13)14(20)21/h5-10H,1-4H3,(H,20,21). The third-order valence-corrected chi connectivity index (χ3v) is 4.51. The number of hydrogen-bond donors (Lipinski definition) is 1. The second kappa shape index (κ2) is 5.21. The van der Waals surface area contributed by atoms with Gasteiger partial charge in [0, 0.05) is 17.9 Å². The molecule has 0 amide bonds. The highest BCUT2D eigenvalue weighted by atomic mass is 16.7. The van der Waals surface area contributed by atoms with E-state index in [0.29, 0.717) is 0 Å². The lowest BCUT2D eigenvalue weighted by atomic mass is 9.82. The first-order valence-corrected chi connectivity index (χ1v) is 7.43. The number of carbonyl (C=O) groups is 1. The van der Waals surface area contributed by atoms with E-state index in [9.17, 15) is 4.79 Å². The van der Waals surface area contributed by atoms with Gasteiger partial charge in [-0.15, -0.1) is 0 Å². The molecule has 0 aliphatic carbocycles. The number of aromatic nitrogens is 2. The molecule has 0 spiro atoms. The van der Waals surface area contributed by atoms with Crippen molar-refractivity contribution in [2.45, 2.75) is 38.9 Å². The van der Waals surface area contributed by atoms with E-state index in [0.717, 1.165) is 11.2 Å². The van der Waals surface area contributed by atoms with E-state index in [2.05, 4.69) is 5.10 Å². The van der Waals surface area contributed by atoms with Gasteiger partial charge in [-0.2, -0.15) is 5.10 Å². The van der Waals surface area contributed by atoms with Crippen LogP contribution >= 0.6 is 0 Å². The van der Waals surface area contributed by atoms with Crippen LogP contribution in [-0.2, 0) is 9.31 Å². The molecule has 0 saturated carbocycles. The van der Waals surface area contributed by atoms with E-state index in [1.54, 1.807) is 35.1 Å². The van der Waals surface area contributed by atoms with Gasteiger partial charge in [0.1, 0.15) is 0 Å². The number of hydrogen-bond acceptors (Lipinski definition) is 4. The zero-order valence-corrected chi connectivity index (χ0v) is 13.6. The van der Waals surface area contributed by atoms with Crippen molar-refractivity contribution in [2.24, 2.45) is 0 Å². The van der Waals surface area contributed by atoms with Crippen molar-refractivity contribution in [3.63, 3.8) is 0 Å². The van der Waals surface area contributed by atoms with Crippen LogP contribution in [0, 0.1) is 0 Å². The summed E-state index contributed by atoms with van der Waals surface area (Å²) >= 11 is 0. The van der Waals surface area contributed by atoms with Gasteiger partial charge in [0.2, 0.25) is 0 Å². The van der Waals surface area contributed by atoms with E-state index in [1.165, 1.54) is 0 Å². The highest BCUT2D eigenvalue weighted by molar-refractivity contribution is 6.62. The molecule has 1 aromatic carbocycles. The van der Waals surface area contributed by atoms with Crippen molar-refractivity contribution in [1.29, 1.82) is 0 Å². The predicted molar refractivity (Wildman–Crippen MR) is 86.2 cm³/mol. The molecule has 1 aliphatic heterocycles. The second-order valence-corrected chi connectivity index (χ2v) is 6.66.